The number of rotatable bonds is 6. The summed E-state index contributed by atoms with van der Waals surface area (Å²) in [6.45, 7) is 7.48. The number of hydrogen-bond acceptors (Lipinski definition) is 4. The maximum Gasteiger partial charge on any atom is 0.237 e. The molecular weight excluding hydrogens is 316 g/mol. The lowest BCUT2D eigenvalue weighted by atomic mass is 10.1. The minimum Gasteiger partial charge on any atom is -0.353 e. The summed E-state index contributed by atoms with van der Waals surface area (Å²) >= 11 is 0. The number of carbonyl (C=O) groups is 2. The molecule has 0 bridgehead atoms. The molecule has 1 atom stereocenters. The molecule has 2 heterocycles. The molecule has 2 fully saturated rings. The number of hydrogen-bond donors (Lipinski definition) is 2. The van der Waals surface area contributed by atoms with Crippen molar-refractivity contribution in [2.24, 2.45) is 0 Å². The van der Waals surface area contributed by atoms with E-state index in [9.17, 15) is 9.59 Å². The zero-order chi connectivity index (χ0) is 17.6. The molecule has 6 nitrogen and oxygen atoms in total. The normalized spacial score (nSPS) is 22.0. The number of anilines is 1. The molecular formula is C19H28N4O2. The van der Waals surface area contributed by atoms with Gasteiger partial charge in [0.25, 0.3) is 0 Å². The highest BCUT2D eigenvalue weighted by atomic mass is 16.2. The standard InChI is InChI=1S/C19H28N4O2/c1-2-23-11-8-20-19(25)17(23)13-18(24)21-16-7-5-6-15(12-16)14-22-9-3-4-10-22/h5-7,12,17H,2-4,8-11,13-14H2,1H3,(H,20,25)(H,21,24). The number of nitrogens with zero attached hydrogens (tertiary/aromatic N) is 2. The Morgan fingerprint density at radius 3 is 2.84 bits per heavy atom. The summed E-state index contributed by atoms with van der Waals surface area (Å²) in [6.07, 6.45) is 2.73. The Kier molecular flexibility index (Phi) is 6.04. The Bertz CT molecular complexity index is 613. The van der Waals surface area contributed by atoms with Gasteiger partial charge in [0.2, 0.25) is 11.8 Å². The van der Waals surface area contributed by atoms with Gasteiger partial charge in [-0.15, -0.1) is 0 Å². The predicted molar refractivity (Wildman–Crippen MR) is 98.2 cm³/mol. The average molecular weight is 344 g/mol. The second kappa shape index (κ2) is 8.45. The molecule has 2 amide bonds. The van der Waals surface area contributed by atoms with Crippen LogP contribution >= 0.6 is 0 Å². The van der Waals surface area contributed by atoms with Gasteiger partial charge < -0.3 is 10.6 Å². The summed E-state index contributed by atoms with van der Waals surface area (Å²) in [5.74, 6) is -0.162. The SMILES string of the molecule is CCN1CCNC(=O)C1CC(=O)Nc1cccc(CN2CCCC2)c1. The summed E-state index contributed by atoms with van der Waals surface area (Å²) in [4.78, 5) is 29.0. The Morgan fingerprint density at radius 1 is 1.28 bits per heavy atom. The molecule has 0 saturated carbocycles. The van der Waals surface area contributed by atoms with E-state index in [2.05, 4.69) is 26.5 Å². The molecule has 2 aliphatic rings. The third kappa shape index (κ3) is 4.80. The fraction of sp³-hybridized carbons (Fsp3) is 0.579. The van der Waals surface area contributed by atoms with E-state index >= 15 is 0 Å². The summed E-state index contributed by atoms with van der Waals surface area (Å²) in [6, 6.07) is 7.65. The van der Waals surface area contributed by atoms with Crippen LogP contribution in [0.2, 0.25) is 0 Å². The number of carbonyl (C=O) groups excluding carboxylic acids is 2. The molecule has 1 unspecified atom stereocenters. The largest absolute Gasteiger partial charge is 0.353 e. The van der Waals surface area contributed by atoms with Gasteiger partial charge in [-0.2, -0.15) is 0 Å². The number of likely N-dealkylation sites (tertiary alicyclic amines) is 1. The molecule has 6 heteroatoms. The van der Waals surface area contributed by atoms with Crippen molar-refractivity contribution in [3.8, 4) is 0 Å². The lowest BCUT2D eigenvalue weighted by molar-refractivity contribution is -0.132. The first-order valence-corrected chi connectivity index (χ1v) is 9.28. The van der Waals surface area contributed by atoms with E-state index in [4.69, 9.17) is 0 Å². The van der Waals surface area contributed by atoms with E-state index in [0.717, 1.165) is 38.4 Å². The van der Waals surface area contributed by atoms with Gasteiger partial charge in [0.1, 0.15) is 0 Å². The van der Waals surface area contributed by atoms with Crippen LogP contribution in [0.3, 0.4) is 0 Å². The molecule has 1 aromatic carbocycles. The minimum atomic E-state index is -0.369. The van der Waals surface area contributed by atoms with Crippen molar-refractivity contribution in [2.75, 3.05) is 38.0 Å². The van der Waals surface area contributed by atoms with Crippen molar-refractivity contribution in [3.05, 3.63) is 29.8 Å². The van der Waals surface area contributed by atoms with Crippen LogP contribution in [0.15, 0.2) is 24.3 Å². The molecule has 0 aromatic heterocycles. The van der Waals surface area contributed by atoms with Gasteiger partial charge >= 0.3 is 0 Å². The van der Waals surface area contributed by atoms with Crippen molar-refractivity contribution >= 4 is 17.5 Å². The monoisotopic (exact) mass is 344 g/mol. The molecule has 1 aromatic rings. The highest BCUT2D eigenvalue weighted by Crippen LogP contribution is 2.17. The number of nitrogens with one attached hydrogen (secondary N) is 2. The van der Waals surface area contributed by atoms with Gasteiger partial charge in [0.05, 0.1) is 12.5 Å². The summed E-state index contributed by atoms with van der Waals surface area (Å²) in [5.41, 5.74) is 2.02. The Balaban J connectivity index is 1.57. The van der Waals surface area contributed by atoms with Crippen LogP contribution in [0.25, 0.3) is 0 Å². The van der Waals surface area contributed by atoms with E-state index in [1.165, 1.54) is 18.4 Å². The molecule has 3 rings (SSSR count). The van der Waals surface area contributed by atoms with Gasteiger partial charge in [-0.05, 0) is 50.2 Å². The van der Waals surface area contributed by atoms with Crippen LogP contribution in [-0.4, -0.2) is 60.4 Å². The van der Waals surface area contributed by atoms with Crippen molar-refractivity contribution in [1.82, 2.24) is 15.1 Å². The van der Waals surface area contributed by atoms with E-state index in [0.29, 0.717) is 6.54 Å². The maximum atomic E-state index is 12.4. The second-order valence-corrected chi connectivity index (χ2v) is 6.87. The molecule has 2 saturated heterocycles. The molecule has 25 heavy (non-hydrogen) atoms. The van der Waals surface area contributed by atoms with E-state index in [1.807, 2.05) is 25.1 Å². The quantitative estimate of drug-likeness (QED) is 0.819. The molecule has 2 aliphatic heterocycles. The van der Waals surface area contributed by atoms with Gasteiger partial charge in [0.15, 0.2) is 0 Å². The topological polar surface area (TPSA) is 64.7 Å². The number of amides is 2. The zero-order valence-corrected chi connectivity index (χ0v) is 15.0. The number of benzene rings is 1. The van der Waals surface area contributed by atoms with Gasteiger partial charge in [0, 0.05) is 25.3 Å². The number of likely N-dealkylation sites (N-methyl/N-ethyl adjacent to an activating group) is 1. The highest BCUT2D eigenvalue weighted by Gasteiger charge is 2.30. The van der Waals surface area contributed by atoms with Crippen LogP contribution in [0.5, 0.6) is 0 Å². The third-order valence-electron chi connectivity index (χ3n) is 5.04. The summed E-state index contributed by atoms with van der Waals surface area (Å²) in [5, 5.41) is 5.80. The lowest BCUT2D eigenvalue weighted by Crippen LogP contribution is -2.56. The van der Waals surface area contributed by atoms with E-state index in [1.54, 1.807) is 0 Å². The molecule has 136 valence electrons. The van der Waals surface area contributed by atoms with Gasteiger partial charge in [-0.3, -0.25) is 19.4 Å². The highest BCUT2D eigenvalue weighted by molar-refractivity contribution is 5.95. The Labute approximate surface area is 149 Å². The average Bonchev–Trinajstić information content (AvgIpc) is 3.10. The summed E-state index contributed by atoms with van der Waals surface area (Å²) < 4.78 is 0. The Morgan fingerprint density at radius 2 is 2.08 bits per heavy atom. The van der Waals surface area contributed by atoms with Gasteiger partial charge in [-0.25, -0.2) is 0 Å². The molecule has 2 N–H and O–H groups in total. The third-order valence-corrected chi connectivity index (χ3v) is 5.04. The Hall–Kier alpha value is -1.92. The van der Waals surface area contributed by atoms with E-state index < -0.39 is 0 Å². The smallest absolute Gasteiger partial charge is 0.237 e. The van der Waals surface area contributed by atoms with Crippen molar-refractivity contribution in [3.63, 3.8) is 0 Å². The minimum absolute atomic E-state index is 0.0500. The van der Waals surface area contributed by atoms with Crippen LogP contribution in [-0.2, 0) is 16.1 Å². The molecule has 0 aliphatic carbocycles. The van der Waals surface area contributed by atoms with Crippen LogP contribution in [0, 0.1) is 0 Å². The summed E-state index contributed by atoms with van der Waals surface area (Å²) in [7, 11) is 0. The van der Waals surface area contributed by atoms with Crippen LogP contribution in [0.4, 0.5) is 5.69 Å². The van der Waals surface area contributed by atoms with Crippen molar-refractivity contribution in [1.29, 1.82) is 0 Å². The lowest BCUT2D eigenvalue weighted by Gasteiger charge is -2.33. The molecule has 0 radical (unpaired) electrons. The van der Waals surface area contributed by atoms with Gasteiger partial charge in [-0.1, -0.05) is 19.1 Å². The second-order valence-electron chi connectivity index (χ2n) is 6.87. The first-order chi connectivity index (χ1) is 12.2. The van der Waals surface area contributed by atoms with Crippen LogP contribution < -0.4 is 10.6 Å². The molecule has 0 spiro atoms. The first-order valence-electron chi connectivity index (χ1n) is 9.28. The fourth-order valence-corrected chi connectivity index (χ4v) is 3.70. The predicted octanol–water partition coefficient (Wildman–Crippen LogP) is 1.43. The number of piperazine rings is 1. The van der Waals surface area contributed by atoms with Crippen molar-refractivity contribution in [2.45, 2.75) is 38.8 Å². The van der Waals surface area contributed by atoms with E-state index in [-0.39, 0.29) is 24.3 Å². The zero-order valence-electron chi connectivity index (χ0n) is 15.0. The fourth-order valence-electron chi connectivity index (χ4n) is 3.70. The maximum absolute atomic E-state index is 12.4. The van der Waals surface area contributed by atoms with Crippen molar-refractivity contribution < 1.29 is 9.59 Å². The van der Waals surface area contributed by atoms with Crippen LogP contribution in [0.1, 0.15) is 31.7 Å². The first kappa shape index (κ1) is 17.9.